The molecular weight excluding hydrogens is 688 g/mol. The summed E-state index contributed by atoms with van der Waals surface area (Å²) in [5, 5.41) is 35.1. The molecule has 0 bridgehead atoms. The highest BCUT2D eigenvalue weighted by Gasteiger charge is 2.07. The predicted octanol–water partition coefficient (Wildman–Crippen LogP) is 6.84. The van der Waals surface area contributed by atoms with Gasteiger partial charge in [-0.15, -0.1) is 0 Å². The molecule has 0 aliphatic heterocycles. The molecule has 0 saturated carbocycles. The molecule has 0 radical (unpaired) electrons. The first-order chi connectivity index (χ1) is 24.7. The van der Waals surface area contributed by atoms with E-state index in [-0.39, 0.29) is 26.4 Å². The summed E-state index contributed by atoms with van der Waals surface area (Å²) in [4.78, 5) is 43.0. The van der Waals surface area contributed by atoms with Crippen molar-refractivity contribution in [3.63, 3.8) is 0 Å². The van der Waals surface area contributed by atoms with Crippen LogP contribution in [0.3, 0.4) is 0 Å². The van der Waals surface area contributed by atoms with E-state index >= 15 is 0 Å². The number of aliphatic hydroxyl groups excluding tert-OH is 4. The molecule has 0 rings (SSSR count). The van der Waals surface area contributed by atoms with E-state index in [4.69, 9.17) is 39.4 Å². The summed E-state index contributed by atoms with van der Waals surface area (Å²) in [5.74, 6) is 0. The van der Waals surface area contributed by atoms with Crippen molar-refractivity contribution in [3.05, 3.63) is 0 Å². The molecule has 0 spiro atoms. The van der Waals surface area contributed by atoms with E-state index in [1.54, 1.807) is 27.7 Å². The Labute approximate surface area is 311 Å². The van der Waals surface area contributed by atoms with Crippen molar-refractivity contribution >= 4 is 24.6 Å². The SMILES string of the molecule is CCCCCOC(=O)OCC(C)O.CCCCCOC(=O)OCC(C)O.CCCCCOC(=O)OCC(C)O.CCCCCOC(=O)OCC(C)O. The average molecular weight is 761 g/mol. The largest absolute Gasteiger partial charge is 0.508 e. The van der Waals surface area contributed by atoms with Gasteiger partial charge in [0.1, 0.15) is 26.4 Å². The summed E-state index contributed by atoms with van der Waals surface area (Å²) < 4.78 is 37.2. The van der Waals surface area contributed by atoms with Crippen LogP contribution in [0.4, 0.5) is 19.2 Å². The second-order valence-electron chi connectivity index (χ2n) is 11.9. The lowest BCUT2D eigenvalue weighted by Gasteiger charge is -2.06. The maximum absolute atomic E-state index is 10.8. The summed E-state index contributed by atoms with van der Waals surface area (Å²) in [6.45, 7) is 16.0. The highest BCUT2D eigenvalue weighted by molar-refractivity contribution is 5.60. The number of hydrogen-bond acceptors (Lipinski definition) is 16. The Morgan fingerprint density at radius 2 is 0.519 bits per heavy atom. The van der Waals surface area contributed by atoms with Gasteiger partial charge in [0.2, 0.25) is 0 Å². The van der Waals surface area contributed by atoms with Crippen molar-refractivity contribution in [1.29, 1.82) is 0 Å². The summed E-state index contributed by atoms with van der Waals surface area (Å²) >= 11 is 0. The second kappa shape index (κ2) is 44.1. The standard InChI is InChI=1S/4C9H18O4/c4*1-3-4-5-6-12-9(11)13-7-8(2)10/h4*8,10H,3-7H2,1-2H3. The molecule has 0 aliphatic carbocycles. The summed E-state index contributed by atoms with van der Waals surface area (Å²) in [5.41, 5.74) is 0. The third-order valence-electron chi connectivity index (χ3n) is 5.64. The van der Waals surface area contributed by atoms with Crippen LogP contribution in [0.25, 0.3) is 0 Å². The fraction of sp³-hybridized carbons (Fsp3) is 0.889. The minimum absolute atomic E-state index is 0.00733. The third-order valence-corrected chi connectivity index (χ3v) is 5.64. The molecule has 16 heteroatoms. The Bertz CT molecular complexity index is 662. The third kappa shape index (κ3) is 59.1. The lowest BCUT2D eigenvalue weighted by molar-refractivity contribution is 0.0229. The van der Waals surface area contributed by atoms with Crippen LogP contribution in [-0.2, 0) is 37.9 Å². The minimum Gasteiger partial charge on any atom is -0.434 e. The van der Waals surface area contributed by atoms with Gasteiger partial charge in [0.25, 0.3) is 0 Å². The Balaban J connectivity index is -0.000000295. The van der Waals surface area contributed by atoms with E-state index in [9.17, 15) is 19.2 Å². The Hall–Kier alpha value is -3.08. The molecule has 4 atom stereocenters. The van der Waals surface area contributed by atoms with Gasteiger partial charge in [0.15, 0.2) is 0 Å². The first-order valence-electron chi connectivity index (χ1n) is 18.6. The van der Waals surface area contributed by atoms with E-state index in [0.29, 0.717) is 26.4 Å². The predicted molar refractivity (Wildman–Crippen MR) is 194 cm³/mol. The van der Waals surface area contributed by atoms with Crippen LogP contribution in [0.5, 0.6) is 0 Å². The molecule has 4 N–H and O–H groups in total. The smallest absolute Gasteiger partial charge is 0.434 e. The van der Waals surface area contributed by atoms with Gasteiger partial charge in [-0.2, -0.15) is 0 Å². The first-order valence-corrected chi connectivity index (χ1v) is 18.6. The van der Waals surface area contributed by atoms with Crippen molar-refractivity contribution in [2.75, 3.05) is 52.9 Å². The van der Waals surface area contributed by atoms with E-state index < -0.39 is 49.0 Å². The molecule has 0 heterocycles. The molecular formula is C36H72O16. The first kappa shape index (κ1) is 55.7. The molecule has 0 fully saturated rings. The normalized spacial score (nSPS) is 12.2. The van der Waals surface area contributed by atoms with Gasteiger partial charge in [0.05, 0.1) is 50.8 Å². The Morgan fingerprint density at radius 3 is 0.654 bits per heavy atom. The van der Waals surface area contributed by atoms with Crippen molar-refractivity contribution in [3.8, 4) is 0 Å². The summed E-state index contributed by atoms with van der Waals surface area (Å²) in [6, 6.07) is 0. The van der Waals surface area contributed by atoms with Gasteiger partial charge >= 0.3 is 24.6 Å². The van der Waals surface area contributed by atoms with Crippen molar-refractivity contribution in [2.24, 2.45) is 0 Å². The van der Waals surface area contributed by atoms with Crippen LogP contribution in [0.1, 0.15) is 132 Å². The van der Waals surface area contributed by atoms with Crippen molar-refractivity contribution < 1.29 is 77.5 Å². The summed E-state index contributed by atoms with van der Waals surface area (Å²) in [7, 11) is 0. The van der Waals surface area contributed by atoms with E-state index in [2.05, 4.69) is 46.6 Å². The molecule has 0 aromatic rings. The van der Waals surface area contributed by atoms with Crippen LogP contribution in [0.15, 0.2) is 0 Å². The topological polar surface area (TPSA) is 223 Å². The average Bonchev–Trinajstić information content (AvgIpc) is 3.09. The number of rotatable bonds is 24. The Morgan fingerprint density at radius 1 is 0.346 bits per heavy atom. The molecule has 0 aliphatic rings. The molecule has 0 amide bonds. The van der Waals surface area contributed by atoms with E-state index in [1.807, 2.05) is 0 Å². The molecule has 4 unspecified atom stereocenters. The lowest BCUT2D eigenvalue weighted by atomic mass is 10.3. The zero-order valence-corrected chi connectivity index (χ0v) is 33.1. The summed E-state index contributed by atoms with van der Waals surface area (Å²) in [6.07, 6.45) is 6.65. The highest BCUT2D eigenvalue weighted by Crippen LogP contribution is 1.99. The minimum atomic E-state index is -0.697. The molecule has 312 valence electrons. The van der Waals surface area contributed by atoms with Crippen LogP contribution in [-0.4, -0.2) is 122 Å². The number of unbranched alkanes of at least 4 members (excludes halogenated alkanes) is 8. The van der Waals surface area contributed by atoms with Crippen molar-refractivity contribution in [1.82, 2.24) is 0 Å². The number of carbonyl (C=O) groups is 4. The fourth-order valence-corrected chi connectivity index (χ4v) is 2.95. The van der Waals surface area contributed by atoms with Crippen LogP contribution in [0.2, 0.25) is 0 Å². The number of aliphatic hydroxyl groups is 4. The molecule has 0 aromatic carbocycles. The van der Waals surface area contributed by atoms with Gasteiger partial charge in [-0.3, -0.25) is 0 Å². The zero-order chi connectivity index (χ0) is 40.4. The Kier molecular flexibility index (Phi) is 47.2. The van der Waals surface area contributed by atoms with Crippen LogP contribution >= 0.6 is 0 Å². The zero-order valence-electron chi connectivity index (χ0n) is 33.1. The maximum Gasteiger partial charge on any atom is 0.508 e. The number of ether oxygens (including phenoxy) is 8. The van der Waals surface area contributed by atoms with Crippen molar-refractivity contribution in [2.45, 2.75) is 157 Å². The van der Waals surface area contributed by atoms with Crippen LogP contribution in [0, 0.1) is 0 Å². The van der Waals surface area contributed by atoms with Gasteiger partial charge in [-0.25, -0.2) is 19.2 Å². The van der Waals surface area contributed by atoms with Gasteiger partial charge in [-0.1, -0.05) is 79.1 Å². The number of carbonyl (C=O) groups excluding carboxylic acids is 4. The van der Waals surface area contributed by atoms with Gasteiger partial charge < -0.3 is 58.3 Å². The molecule has 16 nitrogen and oxygen atoms in total. The van der Waals surface area contributed by atoms with E-state index in [0.717, 1.165) is 77.0 Å². The second-order valence-corrected chi connectivity index (χ2v) is 11.9. The number of hydrogen-bond donors (Lipinski definition) is 4. The maximum atomic E-state index is 10.8. The van der Waals surface area contributed by atoms with E-state index in [1.165, 1.54) is 0 Å². The van der Waals surface area contributed by atoms with Gasteiger partial charge in [0, 0.05) is 0 Å². The molecule has 52 heavy (non-hydrogen) atoms. The fourth-order valence-electron chi connectivity index (χ4n) is 2.95. The molecule has 0 saturated heterocycles. The highest BCUT2D eigenvalue weighted by atomic mass is 16.7. The lowest BCUT2D eigenvalue weighted by Crippen LogP contribution is -2.16. The monoisotopic (exact) mass is 760 g/mol. The van der Waals surface area contributed by atoms with Crippen LogP contribution < -0.4 is 0 Å². The van der Waals surface area contributed by atoms with Gasteiger partial charge in [-0.05, 0) is 53.4 Å². The molecule has 0 aromatic heterocycles. The quantitative estimate of drug-likeness (QED) is 0.0449.